The average molecular weight is 397 g/mol. The predicted molar refractivity (Wildman–Crippen MR) is 97.3 cm³/mol. The van der Waals surface area contributed by atoms with Gasteiger partial charge in [0.25, 0.3) is 5.91 Å². The van der Waals surface area contributed by atoms with Gasteiger partial charge < -0.3 is 10.1 Å². The molecule has 0 unspecified atom stereocenters. The van der Waals surface area contributed by atoms with Gasteiger partial charge in [0.05, 0.1) is 11.1 Å². The number of hydrazine groups is 1. The van der Waals surface area contributed by atoms with Crippen LogP contribution in [-0.4, -0.2) is 22.2 Å². The highest BCUT2D eigenvalue weighted by Gasteiger charge is 2.39. The van der Waals surface area contributed by atoms with E-state index in [0.717, 1.165) is 24.8 Å². The minimum absolute atomic E-state index is 0.217. The third-order valence-corrected chi connectivity index (χ3v) is 4.24. The fourth-order valence-corrected chi connectivity index (χ4v) is 2.80. The van der Waals surface area contributed by atoms with Crippen molar-refractivity contribution in [1.29, 1.82) is 0 Å². The average Bonchev–Trinajstić information content (AvgIpc) is 2.66. The molecule has 0 bridgehead atoms. The number of halogens is 3. The molecular weight excluding hydrogens is 375 g/mol. The van der Waals surface area contributed by atoms with Crippen LogP contribution in [0, 0.1) is 0 Å². The number of nitrogens with one attached hydrogen (secondary N) is 2. The molecule has 1 aliphatic rings. The summed E-state index contributed by atoms with van der Waals surface area (Å²) in [5, 5.41) is 3.21. The summed E-state index contributed by atoms with van der Waals surface area (Å²) in [4.78, 5) is 19.6. The fraction of sp³-hybridized carbons (Fsp3) is 0.389. The Kier molecular flexibility index (Phi) is 6.79. The van der Waals surface area contributed by atoms with Gasteiger partial charge in [-0.15, -0.1) is 13.2 Å². The number of nitrogens with zero attached hydrogens (tertiary/aromatic N) is 2. The van der Waals surface area contributed by atoms with Gasteiger partial charge in [0.1, 0.15) is 5.75 Å². The van der Waals surface area contributed by atoms with Crippen molar-refractivity contribution in [3.05, 3.63) is 47.8 Å². The summed E-state index contributed by atoms with van der Waals surface area (Å²) in [7, 11) is 0. The second-order valence-corrected chi connectivity index (χ2v) is 5.90. The van der Waals surface area contributed by atoms with E-state index in [1.54, 1.807) is 12.1 Å². The third kappa shape index (κ3) is 5.10. The highest BCUT2D eigenvalue weighted by Crippen LogP contribution is 2.44. The lowest BCUT2D eigenvalue weighted by Crippen LogP contribution is -2.42. The van der Waals surface area contributed by atoms with Crippen LogP contribution in [0.4, 0.5) is 19.1 Å². The summed E-state index contributed by atoms with van der Waals surface area (Å²) < 4.78 is 40.7. The molecule has 4 N–H and O–H groups in total. The van der Waals surface area contributed by atoms with Crippen LogP contribution < -0.4 is 21.3 Å². The van der Waals surface area contributed by atoms with Crippen molar-refractivity contribution in [3.63, 3.8) is 0 Å². The smallest absolute Gasteiger partial charge is 0.406 e. The summed E-state index contributed by atoms with van der Waals surface area (Å²) in [6.07, 6.45) is 0.469. The maximum atomic E-state index is 12.3. The third-order valence-electron chi connectivity index (χ3n) is 4.24. The molecule has 0 saturated heterocycles. The molecule has 1 aromatic carbocycles. The molecule has 1 saturated carbocycles. The number of ether oxygens (including phenoxy) is 1. The molecule has 0 spiro atoms. The van der Waals surface area contributed by atoms with Crippen LogP contribution >= 0.6 is 0 Å². The van der Waals surface area contributed by atoms with Gasteiger partial charge in [0.2, 0.25) is 5.95 Å². The molecule has 3 rings (SSSR count). The van der Waals surface area contributed by atoms with Gasteiger partial charge in [-0.2, -0.15) is 0 Å². The molecule has 152 valence electrons. The monoisotopic (exact) mass is 397 g/mol. The summed E-state index contributed by atoms with van der Waals surface area (Å²) in [5.74, 6) is 4.59. The van der Waals surface area contributed by atoms with E-state index < -0.39 is 17.8 Å². The van der Waals surface area contributed by atoms with Gasteiger partial charge >= 0.3 is 6.36 Å². The van der Waals surface area contributed by atoms with Crippen LogP contribution in [0.2, 0.25) is 0 Å². The Morgan fingerprint density at radius 3 is 2.14 bits per heavy atom. The number of rotatable bonds is 5. The first-order valence-corrected chi connectivity index (χ1v) is 8.79. The quantitative estimate of drug-likeness (QED) is 0.406. The number of nitrogen functional groups attached to an aromatic ring is 1. The number of benzene rings is 1. The molecule has 28 heavy (non-hydrogen) atoms. The van der Waals surface area contributed by atoms with Crippen molar-refractivity contribution in [2.75, 3.05) is 5.32 Å². The number of alkyl halides is 3. The van der Waals surface area contributed by atoms with E-state index in [1.165, 1.54) is 24.5 Å². The van der Waals surface area contributed by atoms with E-state index in [2.05, 4.69) is 20.0 Å². The zero-order valence-corrected chi connectivity index (χ0v) is 15.5. The first kappa shape index (κ1) is 21.4. The molecule has 0 atom stereocenters. The van der Waals surface area contributed by atoms with Gasteiger partial charge in [-0.05, 0) is 37.0 Å². The fourth-order valence-electron chi connectivity index (χ4n) is 2.80. The van der Waals surface area contributed by atoms with E-state index >= 15 is 0 Å². The Balaban J connectivity index is 0.00000136. The Labute approximate surface area is 160 Å². The van der Waals surface area contributed by atoms with Crippen LogP contribution in [0.15, 0.2) is 36.7 Å². The number of aromatic nitrogens is 2. The zero-order valence-electron chi connectivity index (χ0n) is 15.5. The minimum Gasteiger partial charge on any atom is -0.406 e. The van der Waals surface area contributed by atoms with Crippen LogP contribution in [0.25, 0.3) is 0 Å². The van der Waals surface area contributed by atoms with Crippen LogP contribution in [0.1, 0.15) is 49.0 Å². The van der Waals surface area contributed by atoms with Crippen molar-refractivity contribution < 1.29 is 22.7 Å². The van der Waals surface area contributed by atoms with Gasteiger partial charge in [-0.3, -0.25) is 10.2 Å². The van der Waals surface area contributed by atoms with Gasteiger partial charge in [0.15, 0.2) is 0 Å². The number of hydrogen-bond acceptors (Lipinski definition) is 6. The molecule has 0 radical (unpaired) electrons. The maximum absolute atomic E-state index is 12.3. The van der Waals surface area contributed by atoms with Gasteiger partial charge in [-0.25, -0.2) is 15.8 Å². The molecule has 10 heteroatoms. The predicted octanol–water partition coefficient (Wildman–Crippen LogP) is 3.50. The Hall–Kier alpha value is -2.88. The first-order valence-electron chi connectivity index (χ1n) is 8.79. The zero-order chi connectivity index (χ0) is 20.8. The Morgan fingerprint density at radius 1 is 1.14 bits per heavy atom. The lowest BCUT2D eigenvalue weighted by atomic mass is 9.72. The standard InChI is InChI=1S/C16H16F3N5O2.C2H6/c17-16(18,19)26-12-4-2-11(3-5-12)15(6-1-7-15)23-14-21-8-10(9-22-14)13(25)24-20;1-2/h2-5,8-9H,1,6-7,20H2,(H,24,25)(H,21,22,23);1-2H3. The van der Waals surface area contributed by atoms with Crippen molar-refractivity contribution in [2.45, 2.75) is 45.0 Å². The number of carbonyl (C=O) groups is 1. The number of amides is 1. The van der Waals surface area contributed by atoms with Crippen molar-refractivity contribution in [1.82, 2.24) is 15.4 Å². The molecule has 1 amide bonds. The summed E-state index contributed by atoms with van der Waals surface area (Å²) in [6.45, 7) is 4.00. The second-order valence-electron chi connectivity index (χ2n) is 5.90. The minimum atomic E-state index is -4.72. The normalized spacial score (nSPS) is 14.8. The molecule has 1 aromatic heterocycles. The summed E-state index contributed by atoms with van der Waals surface area (Å²) in [6, 6.07) is 5.73. The van der Waals surface area contributed by atoms with Crippen molar-refractivity contribution >= 4 is 11.9 Å². The van der Waals surface area contributed by atoms with Crippen molar-refractivity contribution in [2.24, 2.45) is 5.84 Å². The van der Waals surface area contributed by atoms with Crippen LogP contribution in [0.5, 0.6) is 5.75 Å². The topological polar surface area (TPSA) is 102 Å². The molecule has 1 aliphatic carbocycles. The van der Waals surface area contributed by atoms with Crippen molar-refractivity contribution in [3.8, 4) is 5.75 Å². The lowest BCUT2D eigenvalue weighted by Gasteiger charge is -2.43. The maximum Gasteiger partial charge on any atom is 0.573 e. The largest absolute Gasteiger partial charge is 0.573 e. The second kappa shape index (κ2) is 8.87. The van der Waals surface area contributed by atoms with E-state index in [-0.39, 0.29) is 11.3 Å². The van der Waals surface area contributed by atoms with Crippen LogP contribution in [-0.2, 0) is 5.54 Å². The van der Waals surface area contributed by atoms with Crippen LogP contribution in [0.3, 0.4) is 0 Å². The van der Waals surface area contributed by atoms with E-state index in [1.807, 2.05) is 19.3 Å². The first-order chi connectivity index (χ1) is 13.3. The number of nitrogens with two attached hydrogens (primary N) is 1. The number of hydrogen-bond donors (Lipinski definition) is 3. The SMILES string of the molecule is CC.NNC(=O)c1cnc(NC2(c3ccc(OC(F)(F)F)cc3)CCC2)nc1. The van der Waals surface area contributed by atoms with E-state index in [4.69, 9.17) is 5.84 Å². The lowest BCUT2D eigenvalue weighted by molar-refractivity contribution is -0.274. The summed E-state index contributed by atoms with van der Waals surface area (Å²) >= 11 is 0. The van der Waals surface area contributed by atoms with Gasteiger partial charge in [-0.1, -0.05) is 26.0 Å². The Bertz CT molecular complexity index is 775. The van der Waals surface area contributed by atoms with E-state index in [0.29, 0.717) is 5.95 Å². The summed E-state index contributed by atoms with van der Waals surface area (Å²) in [5.41, 5.74) is 2.55. The highest BCUT2D eigenvalue weighted by atomic mass is 19.4. The molecule has 0 aliphatic heterocycles. The molecule has 2 aromatic rings. The molecule has 7 nitrogen and oxygen atoms in total. The Morgan fingerprint density at radius 2 is 1.71 bits per heavy atom. The highest BCUT2D eigenvalue weighted by molar-refractivity contribution is 5.93. The number of carbonyl (C=O) groups excluding carboxylic acids is 1. The molecule has 1 fully saturated rings. The van der Waals surface area contributed by atoms with Gasteiger partial charge in [0, 0.05) is 12.4 Å². The molecule has 1 heterocycles. The molecular formula is C18H22F3N5O2. The van der Waals surface area contributed by atoms with E-state index in [9.17, 15) is 18.0 Å². The number of anilines is 1.